The predicted octanol–water partition coefficient (Wildman–Crippen LogP) is 3.80. The van der Waals surface area contributed by atoms with Crippen LogP contribution in [0.2, 0.25) is 0 Å². The van der Waals surface area contributed by atoms with Crippen molar-refractivity contribution in [2.45, 2.75) is 19.3 Å². The Morgan fingerprint density at radius 1 is 1.19 bits per heavy atom. The summed E-state index contributed by atoms with van der Waals surface area (Å²) < 4.78 is 27.7. The number of allylic oxidation sites excluding steroid dienone is 1. The van der Waals surface area contributed by atoms with Gasteiger partial charge >= 0.3 is 5.97 Å². The second-order valence-corrected chi connectivity index (χ2v) is 8.94. The van der Waals surface area contributed by atoms with E-state index < -0.39 is 11.9 Å². The van der Waals surface area contributed by atoms with Crippen LogP contribution < -0.4 is 14.2 Å². The summed E-state index contributed by atoms with van der Waals surface area (Å²) in [5.41, 5.74) is 2.13. The minimum absolute atomic E-state index is 0.101. The van der Waals surface area contributed by atoms with Gasteiger partial charge in [-0.05, 0) is 42.3 Å². The highest BCUT2D eigenvalue weighted by atomic mass is 16.5. The van der Waals surface area contributed by atoms with E-state index in [-0.39, 0.29) is 29.5 Å². The first-order chi connectivity index (χ1) is 17.8. The molecule has 9 nitrogen and oxygen atoms in total. The van der Waals surface area contributed by atoms with Gasteiger partial charge in [0, 0.05) is 30.8 Å². The molecule has 0 amide bonds. The number of rotatable bonds is 9. The first-order valence-corrected chi connectivity index (χ1v) is 12.0. The molecule has 9 heteroatoms. The SMILES string of the molecule is C=C(C)COc1ccc([C@@H](CC(=O)OC)c2c(O)ccc3c2O/C(=C\N2CCOCC2)C3=O)cc1OC. The zero-order chi connectivity index (χ0) is 26.5. The lowest BCUT2D eigenvalue weighted by Gasteiger charge is -2.25. The largest absolute Gasteiger partial charge is 0.508 e. The highest BCUT2D eigenvalue weighted by Crippen LogP contribution is 2.47. The third-order valence-electron chi connectivity index (χ3n) is 6.21. The normalized spacial score (nSPS) is 16.7. The lowest BCUT2D eigenvalue weighted by Crippen LogP contribution is -2.32. The zero-order valence-corrected chi connectivity index (χ0v) is 21.2. The summed E-state index contributed by atoms with van der Waals surface area (Å²) in [6.45, 7) is 8.42. The molecule has 1 N–H and O–H groups in total. The molecular formula is C28H31NO8. The van der Waals surface area contributed by atoms with Crippen molar-refractivity contribution in [3.63, 3.8) is 0 Å². The summed E-state index contributed by atoms with van der Waals surface area (Å²) >= 11 is 0. The fourth-order valence-corrected chi connectivity index (χ4v) is 4.32. The van der Waals surface area contributed by atoms with E-state index in [1.165, 1.54) is 26.4 Å². The number of esters is 1. The van der Waals surface area contributed by atoms with Gasteiger partial charge in [0.25, 0.3) is 0 Å². The summed E-state index contributed by atoms with van der Waals surface area (Å²) in [5.74, 6) is -0.239. The molecule has 0 spiro atoms. The van der Waals surface area contributed by atoms with Crippen molar-refractivity contribution in [1.82, 2.24) is 4.90 Å². The van der Waals surface area contributed by atoms with E-state index in [0.29, 0.717) is 61.1 Å². The van der Waals surface area contributed by atoms with Crippen LogP contribution in [-0.2, 0) is 14.3 Å². The molecule has 0 aliphatic carbocycles. The Bertz CT molecular complexity index is 1230. The third kappa shape index (κ3) is 5.72. The lowest BCUT2D eigenvalue weighted by atomic mass is 9.86. The van der Waals surface area contributed by atoms with Gasteiger partial charge in [-0.3, -0.25) is 9.59 Å². The van der Waals surface area contributed by atoms with Crippen molar-refractivity contribution >= 4 is 11.8 Å². The maximum Gasteiger partial charge on any atom is 0.306 e. The van der Waals surface area contributed by atoms with E-state index in [1.807, 2.05) is 11.8 Å². The fraction of sp³-hybridized carbons (Fsp3) is 0.357. The van der Waals surface area contributed by atoms with Gasteiger partial charge in [-0.2, -0.15) is 0 Å². The summed E-state index contributed by atoms with van der Waals surface area (Å²) in [5, 5.41) is 11.0. The first kappa shape index (κ1) is 26.1. The third-order valence-corrected chi connectivity index (χ3v) is 6.21. The molecule has 0 unspecified atom stereocenters. The highest BCUT2D eigenvalue weighted by Gasteiger charge is 2.36. The topological polar surface area (TPSA) is 104 Å². The number of phenolic OH excluding ortho intramolecular Hbond substituents is 1. The molecule has 37 heavy (non-hydrogen) atoms. The molecule has 2 aliphatic rings. The van der Waals surface area contributed by atoms with Gasteiger partial charge in [0.2, 0.25) is 5.78 Å². The number of nitrogens with zero attached hydrogens (tertiary/aromatic N) is 1. The minimum Gasteiger partial charge on any atom is -0.508 e. The second-order valence-electron chi connectivity index (χ2n) is 8.94. The smallest absolute Gasteiger partial charge is 0.306 e. The van der Waals surface area contributed by atoms with Crippen LogP contribution in [0.15, 0.2) is 54.4 Å². The number of benzene rings is 2. The Hall–Kier alpha value is -3.98. The van der Waals surface area contributed by atoms with E-state index in [2.05, 4.69) is 6.58 Å². The molecule has 2 aliphatic heterocycles. The van der Waals surface area contributed by atoms with Gasteiger partial charge in [-0.15, -0.1) is 0 Å². The second kappa shape index (κ2) is 11.4. The van der Waals surface area contributed by atoms with Crippen LogP contribution in [0.25, 0.3) is 0 Å². The van der Waals surface area contributed by atoms with Crippen molar-refractivity contribution < 1.29 is 38.4 Å². The summed E-state index contributed by atoms with van der Waals surface area (Å²) in [6, 6.07) is 8.22. The maximum absolute atomic E-state index is 13.2. The van der Waals surface area contributed by atoms with Crippen molar-refractivity contribution in [2.24, 2.45) is 0 Å². The van der Waals surface area contributed by atoms with Crippen molar-refractivity contribution in [2.75, 3.05) is 47.1 Å². The minimum atomic E-state index is -0.693. The van der Waals surface area contributed by atoms with Crippen LogP contribution in [0.5, 0.6) is 23.0 Å². The van der Waals surface area contributed by atoms with Gasteiger partial charge < -0.3 is 33.7 Å². The zero-order valence-electron chi connectivity index (χ0n) is 21.2. The molecule has 0 radical (unpaired) electrons. The van der Waals surface area contributed by atoms with Crippen molar-refractivity contribution in [1.29, 1.82) is 0 Å². The molecule has 2 heterocycles. The Balaban J connectivity index is 1.76. The summed E-state index contributed by atoms with van der Waals surface area (Å²) in [6.07, 6.45) is 1.58. The molecule has 0 bridgehead atoms. The molecule has 0 aromatic heterocycles. The predicted molar refractivity (Wildman–Crippen MR) is 135 cm³/mol. The Labute approximate surface area is 215 Å². The number of methoxy groups -OCH3 is 2. The molecule has 1 saturated heterocycles. The van der Waals surface area contributed by atoms with Gasteiger partial charge in [0.05, 0.1) is 39.4 Å². The molecule has 0 saturated carbocycles. The lowest BCUT2D eigenvalue weighted by molar-refractivity contribution is -0.140. The van der Waals surface area contributed by atoms with E-state index in [1.54, 1.807) is 24.4 Å². The molecule has 1 atom stereocenters. The van der Waals surface area contributed by atoms with Gasteiger partial charge in [-0.25, -0.2) is 0 Å². The molecular weight excluding hydrogens is 478 g/mol. The monoisotopic (exact) mass is 509 g/mol. The highest BCUT2D eigenvalue weighted by molar-refractivity contribution is 6.12. The number of carbonyl (C=O) groups is 2. The molecule has 2 aromatic carbocycles. The number of fused-ring (bicyclic) bond motifs is 1. The molecule has 4 rings (SSSR count). The number of ether oxygens (including phenoxy) is 5. The summed E-state index contributed by atoms with van der Waals surface area (Å²) in [7, 11) is 2.82. The molecule has 196 valence electrons. The van der Waals surface area contributed by atoms with Gasteiger partial charge in [0.1, 0.15) is 18.1 Å². The maximum atomic E-state index is 13.2. The Kier molecular flexibility index (Phi) is 8.03. The van der Waals surface area contributed by atoms with Crippen molar-refractivity contribution in [3.8, 4) is 23.0 Å². The number of ketones is 1. The fourth-order valence-electron chi connectivity index (χ4n) is 4.32. The van der Waals surface area contributed by atoms with Gasteiger partial charge in [-0.1, -0.05) is 12.6 Å². The first-order valence-electron chi connectivity index (χ1n) is 12.0. The number of hydrogen-bond donors (Lipinski definition) is 1. The van der Waals surface area contributed by atoms with E-state index in [0.717, 1.165) is 5.57 Å². The van der Waals surface area contributed by atoms with Crippen LogP contribution in [0.1, 0.15) is 40.7 Å². The van der Waals surface area contributed by atoms with Gasteiger partial charge in [0.15, 0.2) is 17.3 Å². The average molecular weight is 510 g/mol. The Morgan fingerprint density at radius 2 is 1.95 bits per heavy atom. The van der Waals surface area contributed by atoms with Crippen LogP contribution in [0.4, 0.5) is 0 Å². The van der Waals surface area contributed by atoms with Crippen LogP contribution in [0.3, 0.4) is 0 Å². The van der Waals surface area contributed by atoms with E-state index >= 15 is 0 Å². The van der Waals surface area contributed by atoms with Crippen LogP contribution in [0, 0.1) is 0 Å². The molecule has 2 aromatic rings. The average Bonchev–Trinajstić information content (AvgIpc) is 3.21. The number of carbonyl (C=O) groups excluding carboxylic acids is 2. The Morgan fingerprint density at radius 3 is 2.62 bits per heavy atom. The van der Waals surface area contributed by atoms with E-state index in [9.17, 15) is 14.7 Å². The number of aromatic hydroxyl groups is 1. The number of hydrogen-bond acceptors (Lipinski definition) is 9. The van der Waals surface area contributed by atoms with Crippen LogP contribution >= 0.6 is 0 Å². The number of phenols is 1. The van der Waals surface area contributed by atoms with E-state index in [4.69, 9.17) is 23.7 Å². The standard InChI is InChI=1S/C28H31NO8/c1-17(2)16-36-22-8-5-18(13-23(22)33-3)20(14-25(31)34-4)26-21(30)7-6-19-27(32)24(37-28(19)26)15-29-9-11-35-12-10-29/h5-8,13,15,20,30H,1,9-12,14,16H2,2-4H3/b24-15-/t20-/m1/s1. The summed E-state index contributed by atoms with van der Waals surface area (Å²) in [4.78, 5) is 27.6. The number of morpholine rings is 1. The quantitative estimate of drug-likeness (QED) is 0.307. The molecule has 1 fully saturated rings. The van der Waals surface area contributed by atoms with Crippen molar-refractivity contribution in [3.05, 3.63) is 71.1 Å². The van der Waals surface area contributed by atoms with Crippen LogP contribution in [-0.4, -0.2) is 68.9 Å². The number of Topliss-reactive ketones (excluding diaryl/α,β-unsaturated/α-hetero) is 1.